The lowest BCUT2D eigenvalue weighted by Gasteiger charge is -2.26. The molecule has 1 aromatic rings. The van der Waals surface area contributed by atoms with Gasteiger partial charge in [-0.2, -0.15) is 0 Å². The Morgan fingerprint density at radius 3 is 2.50 bits per heavy atom. The summed E-state index contributed by atoms with van der Waals surface area (Å²) in [6.45, 7) is 4.11. The third-order valence-corrected chi connectivity index (χ3v) is 3.12. The van der Waals surface area contributed by atoms with Crippen molar-refractivity contribution >= 4 is 11.6 Å². The molecule has 1 heterocycles. The molecule has 5 nitrogen and oxygen atoms in total. The maximum atomic E-state index is 5.36. The van der Waals surface area contributed by atoms with E-state index in [9.17, 15) is 0 Å². The molecule has 5 heteroatoms. The Morgan fingerprint density at radius 2 is 1.88 bits per heavy atom. The van der Waals surface area contributed by atoms with Gasteiger partial charge in [0, 0.05) is 11.6 Å². The summed E-state index contributed by atoms with van der Waals surface area (Å²) in [5.41, 5.74) is 2.73. The van der Waals surface area contributed by atoms with E-state index in [1.165, 1.54) is 25.7 Å². The predicted octanol–water partition coefficient (Wildman–Crippen LogP) is 1.82. The number of nitrogen functional groups attached to an aromatic ring is 1. The fraction of sp³-hybridized carbons (Fsp3) is 0.636. The molecule has 1 saturated carbocycles. The third kappa shape index (κ3) is 2.41. The van der Waals surface area contributed by atoms with Crippen LogP contribution < -0.4 is 16.6 Å². The number of hydrogen-bond acceptors (Lipinski definition) is 5. The number of hydrazine groups is 1. The summed E-state index contributed by atoms with van der Waals surface area (Å²) >= 11 is 0. The van der Waals surface area contributed by atoms with Crippen molar-refractivity contribution in [3.8, 4) is 0 Å². The maximum absolute atomic E-state index is 5.36. The van der Waals surface area contributed by atoms with Crippen LogP contribution in [-0.2, 0) is 0 Å². The molecule has 0 unspecified atom stereocenters. The van der Waals surface area contributed by atoms with E-state index in [2.05, 4.69) is 27.6 Å². The first-order valence-electron chi connectivity index (χ1n) is 5.72. The summed E-state index contributed by atoms with van der Waals surface area (Å²) in [6.07, 6.45) is 4.97. The Bertz CT molecular complexity index is 371. The van der Waals surface area contributed by atoms with E-state index in [0.29, 0.717) is 5.82 Å². The van der Waals surface area contributed by atoms with Crippen LogP contribution in [0.4, 0.5) is 11.6 Å². The lowest BCUT2D eigenvalue weighted by Crippen LogP contribution is -2.31. The van der Waals surface area contributed by atoms with Crippen LogP contribution in [0.3, 0.4) is 0 Å². The van der Waals surface area contributed by atoms with Gasteiger partial charge in [0.05, 0.1) is 0 Å². The summed E-state index contributed by atoms with van der Waals surface area (Å²) in [5, 5.41) is 3.49. The summed E-state index contributed by atoms with van der Waals surface area (Å²) < 4.78 is 0. The summed E-state index contributed by atoms with van der Waals surface area (Å²) in [6, 6.07) is 1.84. The SMILES string of the molecule is Cc1nc(NN)cc(NC2(C)CCCC2)n1. The zero-order chi connectivity index (χ0) is 11.6. The van der Waals surface area contributed by atoms with E-state index in [-0.39, 0.29) is 5.54 Å². The molecular weight excluding hydrogens is 202 g/mol. The molecule has 0 saturated heterocycles. The van der Waals surface area contributed by atoms with E-state index >= 15 is 0 Å². The number of rotatable bonds is 3. The Morgan fingerprint density at radius 1 is 1.25 bits per heavy atom. The van der Waals surface area contributed by atoms with Crippen LogP contribution in [0.15, 0.2) is 6.07 Å². The predicted molar refractivity (Wildman–Crippen MR) is 65.1 cm³/mol. The number of nitrogens with two attached hydrogens (primary N) is 1. The Kier molecular flexibility index (Phi) is 2.96. The molecule has 2 rings (SSSR count). The van der Waals surface area contributed by atoms with Crippen LogP contribution in [-0.4, -0.2) is 15.5 Å². The zero-order valence-electron chi connectivity index (χ0n) is 9.88. The Labute approximate surface area is 95.8 Å². The van der Waals surface area contributed by atoms with E-state index in [1.807, 2.05) is 13.0 Å². The number of hydrogen-bond donors (Lipinski definition) is 3. The number of nitrogens with one attached hydrogen (secondary N) is 2. The number of aryl methyl sites for hydroxylation is 1. The first-order valence-corrected chi connectivity index (χ1v) is 5.72. The minimum absolute atomic E-state index is 0.173. The Hall–Kier alpha value is -1.36. The smallest absolute Gasteiger partial charge is 0.145 e. The lowest BCUT2D eigenvalue weighted by atomic mass is 10.0. The van der Waals surface area contributed by atoms with E-state index in [4.69, 9.17) is 5.84 Å². The standard InChI is InChI=1S/C11H19N5/c1-8-13-9(7-10(14-8)16-12)15-11(2)5-3-4-6-11/h7H,3-6,12H2,1-2H3,(H2,13,14,15,16). The van der Waals surface area contributed by atoms with Gasteiger partial charge in [-0.15, -0.1) is 0 Å². The Balaban J connectivity index is 2.17. The van der Waals surface area contributed by atoms with E-state index in [1.54, 1.807) is 0 Å². The normalized spacial score (nSPS) is 18.4. The number of anilines is 2. The summed E-state index contributed by atoms with van der Waals surface area (Å²) in [4.78, 5) is 8.54. The highest BCUT2D eigenvalue weighted by Crippen LogP contribution is 2.32. The summed E-state index contributed by atoms with van der Waals surface area (Å²) in [7, 11) is 0. The maximum Gasteiger partial charge on any atom is 0.145 e. The van der Waals surface area contributed by atoms with Crippen LogP contribution in [0.5, 0.6) is 0 Å². The molecule has 4 N–H and O–H groups in total. The van der Waals surface area contributed by atoms with Crippen molar-refractivity contribution in [1.82, 2.24) is 9.97 Å². The average Bonchev–Trinajstić information content (AvgIpc) is 2.63. The minimum atomic E-state index is 0.173. The van der Waals surface area contributed by atoms with Crippen LogP contribution in [0.25, 0.3) is 0 Å². The van der Waals surface area contributed by atoms with Gasteiger partial charge in [0.2, 0.25) is 0 Å². The van der Waals surface area contributed by atoms with Gasteiger partial charge in [0.1, 0.15) is 17.5 Å². The van der Waals surface area contributed by atoms with Crippen molar-refractivity contribution in [3.05, 3.63) is 11.9 Å². The lowest BCUT2D eigenvalue weighted by molar-refractivity contribution is 0.530. The van der Waals surface area contributed by atoms with E-state index in [0.717, 1.165) is 11.6 Å². The molecule has 1 aliphatic carbocycles. The molecule has 1 aromatic heterocycles. The van der Waals surface area contributed by atoms with Crippen molar-refractivity contribution in [1.29, 1.82) is 0 Å². The van der Waals surface area contributed by atoms with Gasteiger partial charge in [0.25, 0.3) is 0 Å². The van der Waals surface area contributed by atoms with Gasteiger partial charge >= 0.3 is 0 Å². The third-order valence-electron chi connectivity index (χ3n) is 3.12. The van der Waals surface area contributed by atoms with E-state index < -0.39 is 0 Å². The van der Waals surface area contributed by atoms with Gasteiger partial charge in [-0.25, -0.2) is 15.8 Å². The second-order valence-electron chi connectivity index (χ2n) is 4.72. The highest BCUT2D eigenvalue weighted by Gasteiger charge is 2.28. The fourth-order valence-corrected chi connectivity index (χ4v) is 2.30. The number of aromatic nitrogens is 2. The van der Waals surface area contributed by atoms with Crippen LogP contribution in [0, 0.1) is 6.92 Å². The fourth-order valence-electron chi connectivity index (χ4n) is 2.30. The zero-order valence-corrected chi connectivity index (χ0v) is 9.88. The van der Waals surface area contributed by atoms with Crippen LogP contribution in [0.1, 0.15) is 38.4 Å². The topological polar surface area (TPSA) is 75.9 Å². The molecule has 1 aliphatic rings. The van der Waals surface area contributed by atoms with Crippen molar-refractivity contribution in [2.24, 2.45) is 5.84 Å². The van der Waals surface area contributed by atoms with Gasteiger partial charge in [-0.3, -0.25) is 0 Å². The molecule has 1 fully saturated rings. The highest BCUT2D eigenvalue weighted by atomic mass is 15.3. The molecule has 0 radical (unpaired) electrons. The van der Waals surface area contributed by atoms with Gasteiger partial charge in [-0.1, -0.05) is 12.8 Å². The van der Waals surface area contributed by atoms with Crippen LogP contribution in [0.2, 0.25) is 0 Å². The van der Waals surface area contributed by atoms with Crippen molar-refractivity contribution in [2.45, 2.75) is 45.1 Å². The first kappa shape index (κ1) is 11.1. The molecule has 0 aromatic carbocycles. The molecule has 16 heavy (non-hydrogen) atoms. The highest BCUT2D eigenvalue weighted by molar-refractivity contribution is 5.48. The number of nitrogens with zero attached hydrogens (tertiary/aromatic N) is 2. The molecular formula is C11H19N5. The second-order valence-corrected chi connectivity index (χ2v) is 4.72. The molecule has 0 bridgehead atoms. The largest absolute Gasteiger partial charge is 0.365 e. The molecule has 88 valence electrons. The second kappa shape index (κ2) is 4.25. The van der Waals surface area contributed by atoms with Gasteiger partial charge in [0.15, 0.2) is 0 Å². The quantitative estimate of drug-likeness (QED) is 0.536. The average molecular weight is 221 g/mol. The van der Waals surface area contributed by atoms with Crippen LogP contribution >= 0.6 is 0 Å². The molecule has 0 spiro atoms. The summed E-state index contributed by atoms with van der Waals surface area (Å²) in [5.74, 6) is 7.58. The van der Waals surface area contributed by atoms with Gasteiger partial charge in [-0.05, 0) is 26.7 Å². The molecule has 0 aliphatic heterocycles. The van der Waals surface area contributed by atoms with Crippen molar-refractivity contribution in [3.63, 3.8) is 0 Å². The first-order chi connectivity index (χ1) is 7.61. The molecule has 0 amide bonds. The molecule has 0 atom stereocenters. The monoisotopic (exact) mass is 221 g/mol. The van der Waals surface area contributed by atoms with Crippen molar-refractivity contribution in [2.75, 3.05) is 10.7 Å². The van der Waals surface area contributed by atoms with Crippen molar-refractivity contribution < 1.29 is 0 Å². The van der Waals surface area contributed by atoms with Gasteiger partial charge < -0.3 is 10.7 Å². The minimum Gasteiger partial charge on any atom is -0.365 e.